The zero-order valence-corrected chi connectivity index (χ0v) is 14.7. The molecule has 0 radical (unpaired) electrons. The predicted octanol–water partition coefficient (Wildman–Crippen LogP) is 0.556. The second kappa shape index (κ2) is 6.38. The van der Waals surface area contributed by atoms with Crippen molar-refractivity contribution in [1.29, 1.82) is 0 Å². The molecule has 2 aromatic rings. The first kappa shape index (κ1) is 16.5. The highest BCUT2D eigenvalue weighted by Gasteiger charge is 2.30. The van der Waals surface area contributed by atoms with Crippen LogP contribution in [0.1, 0.15) is 30.5 Å². The van der Waals surface area contributed by atoms with Gasteiger partial charge in [0.25, 0.3) is 15.6 Å². The van der Waals surface area contributed by atoms with Crippen LogP contribution >= 0.6 is 0 Å². The summed E-state index contributed by atoms with van der Waals surface area (Å²) in [6, 6.07) is 1.72. The summed E-state index contributed by atoms with van der Waals surface area (Å²) in [6.07, 6.45) is 7.09. The van der Waals surface area contributed by atoms with Crippen LogP contribution in [0.3, 0.4) is 0 Å². The van der Waals surface area contributed by atoms with Gasteiger partial charge in [-0.3, -0.25) is 4.79 Å². The van der Waals surface area contributed by atoms with Crippen LogP contribution in [0.5, 0.6) is 0 Å². The lowest BCUT2D eigenvalue weighted by atomic mass is 9.98. The van der Waals surface area contributed by atoms with E-state index in [1.807, 2.05) is 0 Å². The molecule has 0 unspecified atom stereocenters. The van der Waals surface area contributed by atoms with Gasteiger partial charge in [0.2, 0.25) is 0 Å². The normalized spacial score (nSPS) is 19.2. The Morgan fingerprint density at radius 3 is 2.76 bits per heavy atom. The molecule has 25 heavy (non-hydrogen) atoms. The summed E-state index contributed by atoms with van der Waals surface area (Å²) in [5.41, 5.74) is 2.08. The molecule has 3 heterocycles. The number of hydrogen-bond acceptors (Lipinski definition) is 5. The molecule has 134 valence electrons. The van der Waals surface area contributed by atoms with Crippen molar-refractivity contribution in [2.75, 3.05) is 13.1 Å². The van der Waals surface area contributed by atoms with Crippen LogP contribution in [0.25, 0.3) is 0 Å². The van der Waals surface area contributed by atoms with Crippen LogP contribution in [-0.2, 0) is 29.4 Å². The number of rotatable bonds is 4. The molecule has 0 amide bonds. The van der Waals surface area contributed by atoms with E-state index in [0.717, 1.165) is 43.4 Å². The summed E-state index contributed by atoms with van der Waals surface area (Å²) in [6.45, 7) is 1.46. The number of nitrogens with one attached hydrogen (secondary N) is 1. The van der Waals surface area contributed by atoms with Crippen LogP contribution in [0.4, 0.5) is 0 Å². The standard InChI is InChI=1S/C16H21N5O3S/c22-16-8-13-2-1-3-14(13)19-21(16)10-12-4-6-20(7-5-12)25(23,24)15-9-17-11-18-15/h8-9,11-12H,1-7,10H2,(H,17,18). The van der Waals surface area contributed by atoms with E-state index >= 15 is 0 Å². The van der Waals surface area contributed by atoms with Gasteiger partial charge in [0, 0.05) is 25.7 Å². The maximum Gasteiger partial charge on any atom is 0.267 e. The van der Waals surface area contributed by atoms with E-state index in [9.17, 15) is 13.2 Å². The van der Waals surface area contributed by atoms with E-state index in [1.54, 1.807) is 10.7 Å². The molecule has 4 rings (SSSR count). The number of imidazole rings is 1. The van der Waals surface area contributed by atoms with Crippen LogP contribution < -0.4 is 5.56 Å². The molecule has 1 aliphatic carbocycles. The van der Waals surface area contributed by atoms with Gasteiger partial charge in [0.05, 0.1) is 18.2 Å². The van der Waals surface area contributed by atoms with Gasteiger partial charge in [0.1, 0.15) is 0 Å². The Morgan fingerprint density at radius 1 is 1.24 bits per heavy atom. The van der Waals surface area contributed by atoms with Crippen molar-refractivity contribution < 1.29 is 8.42 Å². The number of H-pyrrole nitrogens is 1. The Labute approximate surface area is 145 Å². The fourth-order valence-electron chi connectivity index (χ4n) is 3.67. The van der Waals surface area contributed by atoms with Gasteiger partial charge in [-0.2, -0.15) is 9.40 Å². The predicted molar refractivity (Wildman–Crippen MR) is 90.6 cm³/mol. The summed E-state index contributed by atoms with van der Waals surface area (Å²) < 4.78 is 28.0. The average Bonchev–Trinajstić information content (AvgIpc) is 3.27. The summed E-state index contributed by atoms with van der Waals surface area (Å²) in [7, 11) is -3.50. The Kier molecular flexibility index (Phi) is 4.20. The third kappa shape index (κ3) is 3.13. The minimum Gasteiger partial charge on any atom is -0.335 e. The van der Waals surface area contributed by atoms with Gasteiger partial charge >= 0.3 is 0 Å². The van der Waals surface area contributed by atoms with E-state index in [1.165, 1.54) is 16.8 Å². The third-order valence-corrected chi connectivity index (χ3v) is 6.94. The maximum absolute atomic E-state index is 12.5. The van der Waals surface area contributed by atoms with Crippen LogP contribution in [-0.4, -0.2) is 45.6 Å². The van der Waals surface area contributed by atoms with Crippen molar-refractivity contribution in [3.05, 3.63) is 40.2 Å². The molecule has 1 saturated heterocycles. The highest BCUT2D eigenvalue weighted by molar-refractivity contribution is 7.89. The van der Waals surface area contributed by atoms with E-state index < -0.39 is 10.0 Å². The first-order valence-corrected chi connectivity index (χ1v) is 10.1. The van der Waals surface area contributed by atoms with Crippen molar-refractivity contribution in [3.63, 3.8) is 0 Å². The van der Waals surface area contributed by atoms with Crippen molar-refractivity contribution >= 4 is 10.0 Å². The molecular weight excluding hydrogens is 342 g/mol. The van der Waals surface area contributed by atoms with Crippen molar-refractivity contribution in [2.45, 2.75) is 43.7 Å². The Hall–Kier alpha value is -2.00. The van der Waals surface area contributed by atoms with E-state index in [4.69, 9.17) is 0 Å². The number of piperidine rings is 1. The molecular formula is C16H21N5O3S. The minimum atomic E-state index is -3.50. The van der Waals surface area contributed by atoms with E-state index in [2.05, 4.69) is 15.1 Å². The Bertz CT molecular complexity index is 912. The van der Waals surface area contributed by atoms with Crippen molar-refractivity contribution in [1.82, 2.24) is 24.1 Å². The number of aromatic nitrogens is 4. The number of aryl methyl sites for hydroxylation is 2. The van der Waals surface area contributed by atoms with Gasteiger partial charge in [-0.15, -0.1) is 0 Å². The monoisotopic (exact) mass is 363 g/mol. The van der Waals surface area contributed by atoms with Gasteiger partial charge in [-0.1, -0.05) is 0 Å². The second-order valence-corrected chi connectivity index (χ2v) is 8.66. The first-order chi connectivity index (χ1) is 12.0. The molecule has 0 saturated carbocycles. The third-order valence-electron chi connectivity index (χ3n) is 5.12. The second-order valence-electron chi connectivity index (χ2n) is 6.75. The lowest BCUT2D eigenvalue weighted by Gasteiger charge is -2.30. The fraction of sp³-hybridized carbons (Fsp3) is 0.562. The minimum absolute atomic E-state index is 0.0480. The van der Waals surface area contributed by atoms with Crippen LogP contribution in [0.15, 0.2) is 28.4 Å². The highest BCUT2D eigenvalue weighted by atomic mass is 32.2. The number of sulfonamides is 1. The maximum atomic E-state index is 12.5. The number of aromatic amines is 1. The van der Waals surface area contributed by atoms with Gasteiger partial charge in [0.15, 0.2) is 5.03 Å². The largest absolute Gasteiger partial charge is 0.335 e. The molecule has 8 nitrogen and oxygen atoms in total. The lowest BCUT2D eigenvalue weighted by Crippen LogP contribution is -2.40. The van der Waals surface area contributed by atoms with E-state index in [0.29, 0.717) is 19.6 Å². The molecule has 1 aliphatic heterocycles. The van der Waals surface area contributed by atoms with Crippen molar-refractivity contribution in [2.24, 2.45) is 5.92 Å². The van der Waals surface area contributed by atoms with Gasteiger partial charge in [-0.25, -0.2) is 18.1 Å². The van der Waals surface area contributed by atoms with Crippen LogP contribution in [0, 0.1) is 5.92 Å². The molecule has 2 aromatic heterocycles. The number of fused-ring (bicyclic) bond motifs is 1. The SMILES string of the molecule is O=c1cc2c(nn1CC1CCN(S(=O)(=O)c3cnc[nH]3)CC1)CCC2. The van der Waals surface area contributed by atoms with Crippen molar-refractivity contribution in [3.8, 4) is 0 Å². The molecule has 0 bridgehead atoms. The quantitative estimate of drug-likeness (QED) is 0.855. The smallest absolute Gasteiger partial charge is 0.267 e. The summed E-state index contributed by atoms with van der Waals surface area (Å²) in [5.74, 6) is 0.262. The molecule has 0 spiro atoms. The number of hydrogen-bond donors (Lipinski definition) is 1. The fourth-order valence-corrected chi connectivity index (χ4v) is 5.04. The molecule has 2 aliphatic rings. The zero-order chi connectivity index (χ0) is 17.4. The van der Waals surface area contributed by atoms with Crippen LogP contribution in [0.2, 0.25) is 0 Å². The lowest BCUT2D eigenvalue weighted by molar-refractivity contribution is 0.243. The molecule has 9 heteroatoms. The zero-order valence-electron chi connectivity index (χ0n) is 13.9. The van der Waals surface area contributed by atoms with Gasteiger partial charge < -0.3 is 4.98 Å². The van der Waals surface area contributed by atoms with E-state index in [-0.39, 0.29) is 16.5 Å². The topological polar surface area (TPSA) is 101 Å². The molecule has 1 fully saturated rings. The summed E-state index contributed by atoms with van der Waals surface area (Å²) >= 11 is 0. The Balaban J connectivity index is 1.42. The van der Waals surface area contributed by atoms with Gasteiger partial charge in [-0.05, 0) is 43.6 Å². The molecule has 1 N–H and O–H groups in total. The summed E-state index contributed by atoms with van der Waals surface area (Å²) in [4.78, 5) is 18.7. The average molecular weight is 363 g/mol. The number of nitrogens with zero attached hydrogens (tertiary/aromatic N) is 4. The first-order valence-electron chi connectivity index (χ1n) is 8.62. The Morgan fingerprint density at radius 2 is 2.04 bits per heavy atom. The molecule has 0 atom stereocenters. The highest BCUT2D eigenvalue weighted by Crippen LogP contribution is 2.24. The molecule has 0 aromatic carbocycles. The summed E-state index contributed by atoms with van der Waals surface area (Å²) in [5, 5.41) is 4.64.